The molecule has 0 saturated carbocycles. The molecule has 0 saturated heterocycles. The zero-order valence-electron chi connectivity index (χ0n) is 36.9. The Hall–Kier alpha value is -8.95. The number of para-hydroxylation sites is 6. The summed E-state index contributed by atoms with van der Waals surface area (Å²) in [6.07, 6.45) is -4.87. The summed E-state index contributed by atoms with van der Waals surface area (Å²) in [5, 5.41) is 6.88. The van der Waals surface area contributed by atoms with Gasteiger partial charge in [-0.3, -0.25) is 0 Å². The van der Waals surface area contributed by atoms with E-state index in [9.17, 15) is 0 Å². The molecule has 0 bridgehead atoms. The number of benzene rings is 10. The van der Waals surface area contributed by atoms with E-state index in [1.165, 1.54) is 12.1 Å². The summed E-state index contributed by atoms with van der Waals surface area (Å²) >= 11 is 0. The maximum atomic E-state index is 16.2. The van der Waals surface area contributed by atoms with Crippen LogP contribution < -0.4 is 0 Å². The lowest BCUT2D eigenvalue weighted by Crippen LogP contribution is -2.12. The molecule has 0 radical (unpaired) electrons. The fourth-order valence-corrected chi connectivity index (χ4v) is 11.3. The van der Waals surface area contributed by atoms with Crippen LogP contribution in [-0.4, -0.2) is 18.3 Å². The van der Waals surface area contributed by atoms with Crippen LogP contribution in [0.15, 0.2) is 212 Å². The molecular formula is C61H35F5N4. The van der Waals surface area contributed by atoms with Gasteiger partial charge in [0.1, 0.15) is 11.6 Å². The van der Waals surface area contributed by atoms with Crippen molar-refractivity contribution in [2.24, 2.45) is 0 Å². The summed E-state index contributed by atoms with van der Waals surface area (Å²) in [6.45, 7) is 0. The molecule has 14 rings (SSSR count). The van der Waals surface area contributed by atoms with Crippen molar-refractivity contribution in [3.05, 3.63) is 230 Å². The lowest BCUT2D eigenvalue weighted by Gasteiger charge is -2.23. The quantitative estimate of drug-likeness (QED) is 0.153. The maximum Gasteiger partial charge on any atom is 0.416 e. The molecular weight excluding hydrogens is 884 g/mol. The normalized spacial score (nSPS) is 12.4. The Morgan fingerprint density at radius 1 is 0.300 bits per heavy atom. The van der Waals surface area contributed by atoms with Crippen molar-refractivity contribution in [1.82, 2.24) is 18.3 Å². The van der Waals surface area contributed by atoms with E-state index in [4.69, 9.17) is 0 Å². The fourth-order valence-electron chi connectivity index (χ4n) is 11.3. The Bertz CT molecular complexity index is 4210. The maximum absolute atomic E-state index is 16.2. The van der Waals surface area contributed by atoms with Gasteiger partial charge in [0, 0.05) is 66.1 Å². The van der Waals surface area contributed by atoms with Crippen molar-refractivity contribution in [3.8, 4) is 33.9 Å². The number of hydrogen-bond acceptors (Lipinski definition) is 0. The minimum Gasteiger partial charge on any atom is -0.307 e. The van der Waals surface area contributed by atoms with E-state index in [0.717, 1.165) is 94.7 Å². The van der Waals surface area contributed by atoms with E-state index >= 15 is 22.0 Å². The first-order chi connectivity index (χ1) is 34.2. The zero-order valence-corrected chi connectivity index (χ0v) is 36.9. The Morgan fingerprint density at radius 3 is 0.971 bits per heavy atom. The topological polar surface area (TPSA) is 19.7 Å². The number of fused-ring (bicyclic) bond motifs is 14. The molecule has 0 unspecified atom stereocenters. The van der Waals surface area contributed by atoms with Crippen LogP contribution in [0.2, 0.25) is 0 Å². The Labute approximate surface area is 395 Å². The molecule has 0 aliphatic carbocycles. The van der Waals surface area contributed by atoms with Crippen molar-refractivity contribution in [2.75, 3.05) is 0 Å². The van der Waals surface area contributed by atoms with Crippen molar-refractivity contribution in [1.29, 1.82) is 0 Å². The van der Waals surface area contributed by atoms with Gasteiger partial charge in [-0.1, -0.05) is 133 Å². The molecule has 4 nitrogen and oxygen atoms in total. The van der Waals surface area contributed by atoms with Crippen LogP contribution in [0.1, 0.15) is 5.56 Å². The lowest BCUT2D eigenvalue weighted by molar-refractivity contribution is -0.137. The standard InChI is InChI=1S/C61H35F5N4/c62-38-31-36(32-39(63)35-38)56-54(69-52-25-13-9-21-44(52)48-29-27-46-42-19-7-11-23-50(42)67(57(46)59(48)69)40-15-3-1-4-16-40)33-37(61(64,65)66)34-55(56)70-53-26-14-10-22-45(53)49-30-28-47-43-20-8-12-24-51(43)68(58(47)60(49)70)41-17-5-2-6-18-41/h1-35H. The lowest BCUT2D eigenvalue weighted by atomic mass is 9.97. The summed E-state index contributed by atoms with van der Waals surface area (Å²) in [7, 11) is 0. The summed E-state index contributed by atoms with van der Waals surface area (Å²) in [5.41, 5.74) is 7.12. The molecule has 0 atom stereocenters. The molecule has 0 aliphatic heterocycles. The van der Waals surface area contributed by atoms with Gasteiger partial charge in [0.2, 0.25) is 0 Å². The fraction of sp³-hybridized carbons (Fsp3) is 0.0164. The van der Waals surface area contributed by atoms with Gasteiger partial charge in [-0.2, -0.15) is 13.2 Å². The molecule has 4 heterocycles. The highest BCUT2D eigenvalue weighted by Gasteiger charge is 2.35. The van der Waals surface area contributed by atoms with Crippen LogP contribution in [0.25, 0.3) is 121 Å². The number of nitrogens with zero attached hydrogens (tertiary/aromatic N) is 4. The molecule has 9 heteroatoms. The van der Waals surface area contributed by atoms with E-state index < -0.39 is 23.4 Å². The number of aromatic nitrogens is 4. The molecule has 0 fully saturated rings. The van der Waals surface area contributed by atoms with Crippen LogP contribution in [0.4, 0.5) is 22.0 Å². The van der Waals surface area contributed by atoms with Gasteiger partial charge in [-0.05, 0) is 78.4 Å². The molecule has 14 aromatic rings. The second-order valence-corrected chi connectivity index (χ2v) is 17.8. The van der Waals surface area contributed by atoms with E-state index in [-0.39, 0.29) is 22.5 Å². The number of hydrogen-bond donors (Lipinski definition) is 0. The molecule has 0 spiro atoms. The number of rotatable bonds is 5. The van der Waals surface area contributed by atoms with Crippen LogP contribution in [0.3, 0.4) is 0 Å². The van der Waals surface area contributed by atoms with Crippen molar-refractivity contribution < 1.29 is 22.0 Å². The molecule has 0 amide bonds. The van der Waals surface area contributed by atoms with Crippen LogP contribution in [0, 0.1) is 11.6 Å². The largest absolute Gasteiger partial charge is 0.416 e. The summed E-state index contributed by atoms with van der Waals surface area (Å²) in [4.78, 5) is 0. The molecule has 334 valence electrons. The Kier molecular flexibility index (Phi) is 8.47. The summed E-state index contributed by atoms with van der Waals surface area (Å²) in [5.74, 6) is -1.73. The summed E-state index contributed by atoms with van der Waals surface area (Å²) < 4.78 is 88.6. The predicted molar refractivity (Wildman–Crippen MR) is 274 cm³/mol. The molecule has 0 N–H and O–H groups in total. The van der Waals surface area contributed by atoms with E-state index in [1.807, 2.05) is 167 Å². The van der Waals surface area contributed by atoms with Gasteiger partial charge in [0.15, 0.2) is 0 Å². The third kappa shape index (κ3) is 5.69. The van der Waals surface area contributed by atoms with Gasteiger partial charge < -0.3 is 18.3 Å². The minimum absolute atomic E-state index is 0.0691. The number of alkyl halides is 3. The summed E-state index contributed by atoms with van der Waals surface area (Å²) in [6, 6.07) is 64.9. The molecule has 10 aromatic carbocycles. The van der Waals surface area contributed by atoms with Crippen molar-refractivity contribution in [3.63, 3.8) is 0 Å². The van der Waals surface area contributed by atoms with Crippen molar-refractivity contribution >= 4 is 87.2 Å². The van der Waals surface area contributed by atoms with E-state index in [0.29, 0.717) is 22.1 Å². The van der Waals surface area contributed by atoms with E-state index in [1.54, 1.807) is 0 Å². The average Bonchev–Trinajstić information content (AvgIpc) is 4.11. The van der Waals surface area contributed by atoms with Crippen LogP contribution >= 0.6 is 0 Å². The van der Waals surface area contributed by atoms with Gasteiger partial charge >= 0.3 is 6.18 Å². The highest BCUT2D eigenvalue weighted by molar-refractivity contribution is 6.26. The predicted octanol–water partition coefficient (Wildman–Crippen LogP) is 17.0. The third-order valence-electron chi connectivity index (χ3n) is 14.0. The smallest absolute Gasteiger partial charge is 0.307 e. The first kappa shape index (κ1) is 40.1. The highest BCUT2D eigenvalue weighted by atomic mass is 19.4. The van der Waals surface area contributed by atoms with Gasteiger partial charge in [-0.25, -0.2) is 8.78 Å². The second-order valence-electron chi connectivity index (χ2n) is 17.8. The zero-order chi connectivity index (χ0) is 47.0. The average molecular weight is 919 g/mol. The SMILES string of the molecule is Fc1cc(F)cc(-c2c(-n3c4ccccc4c4ccc5c6ccccc6n(-c6ccccc6)c5c43)cc(C(F)(F)F)cc2-n2c3ccccc3c3ccc4c5ccccc5n(-c5ccccc5)c4c32)c1. The molecule has 70 heavy (non-hydrogen) atoms. The third-order valence-corrected chi connectivity index (χ3v) is 14.0. The first-order valence-electron chi connectivity index (χ1n) is 23.0. The van der Waals surface area contributed by atoms with Gasteiger partial charge in [-0.15, -0.1) is 0 Å². The van der Waals surface area contributed by atoms with Crippen LogP contribution in [0.5, 0.6) is 0 Å². The van der Waals surface area contributed by atoms with E-state index in [2.05, 4.69) is 33.4 Å². The Morgan fingerprint density at radius 2 is 0.614 bits per heavy atom. The van der Waals surface area contributed by atoms with Gasteiger partial charge in [0.25, 0.3) is 0 Å². The van der Waals surface area contributed by atoms with Gasteiger partial charge in [0.05, 0.1) is 61.1 Å². The number of halogens is 5. The molecule has 0 aliphatic rings. The molecule has 4 aromatic heterocycles. The minimum atomic E-state index is -4.87. The monoisotopic (exact) mass is 918 g/mol. The first-order valence-corrected chi connectivity index (χ1v) is 23.0. The highest BCUT2D eigenvalue weighted by Crippen LogP contribution is 2.49. The van der Waals surface area contributed by atoms with Crippen LogP contribution in [-0.2, 0) is 6.18 Å². The Balaban J connectivity index is 1.25. The van der Waals surface area contributed by atoms with Crippen molar-refractivity contribution in [2.45, 2.75) is 6.18 Å². The second kappa shape index (κ2) is 14.8.